The molecule has 1 nitrogen and oxygen atoms in total. The van der Waals surface area contributed by atoms with E-state index in [9.17, 15) is 13.2 Å². The molecular formula is C10H18F3N. The van der Waals surface area contributed by atoms with E-state index in [4.69, 9.17) is 5.73 Å². The molecule has 1 aliphatic carbocycles. The first-order valence-corrected chi connectivity index (χ1v) is 5.16. The average Bonchev–Trinajstić information content (AvgIpc) is 2.48. The topological polar surface area (TPSA) is 26.0 Å². The number of halogens is 3. The van der Waals surface area contributed by atoms with Crippen LogP contribution in [0.1, 0.15) is 45.4 Å². The smallest absolute Gasteiger partial charge is 0.327 e. The molecule has 2 N–H and O–H groups in total. The van der Waals surface area contributed by atoms with Crippen molar-refractivity contribution in [3.63, 3.8) is 0 Å². The summed E-state index contributed by atoms with van der Waals surface area (Å²) in [5.74, 6) is 0. The molecule has 1 fully saturated rings. The van der Waals surface area contributed by atoms with Crippen molar-refractivity contribution >= 4 is 0 Å². The van der Waals surface area contributed by atoms with Crippen LogP contribution in [-0.4, -0.2) is 12.2 Å². The highest BCUT2D eigenvalue weighted by molar-refractivity contribution is 4.89. The minimum Gasteiger partial charge on any atom is -0.327 e. The van der Waals surface area contributed by atoms with E-state index in [-0.39, 0.29) is 17.9 Å². The fraction of sp³-hybridized carbons (Fsp3) is 1.00. The van der Waals surface area contributed by atoms with Crippen LogP contribution >= 0.6 is 0 Å². The van der Waals surface area contributed by atoms with Gasteiger partial charge in [0.1, 0.15) is 0 Å². The molecule has 14 heavy (non-hydrogen) atoms. The first-order chi connectivity index (χ1) is 6.33. The van der Waals surface area contributed by atoms with Gasteiger partial charge >= 0.3 is 6.18 Å². The van der Waals surface area contributed by atoms with E-state index in [0.29, 0.717) is 0 Å². The molecule has 0 spiro atoms. The van der Waals surface area contributed by atoms with Crippen LogP contribution < -0.4 is 5.73 Å². The summed E-state index contributed by atoms with van der Waals surface area (Å²) in [6.45, 7) is 2.01. The maximum Gasteiger partial charge on any atom is 0.389 e. The largest absolute Gasteiger partial charge is 0.389 e. The predicted octanol–water partition coefficient (Wildman–Crippen LogP) is 3.24. The highest BCUT2D eigenvalue weighted by Gasteiger charge is 2.37. The van der Waals surface area contributed by atoms with Crippen molar-refractivity contribution in [2.45, 2.75) is 57.7 Å². The molecule has 4 heteroatoms. The van der Waals surface area contributed by atoms with Crippen molar-refractivity contribution in [3.05, 3.63) is 0 Å². The molecule has 0 heterocycles. The Morgan fingerprint density at radius 3 is 2.21 bits per heavy atom. The third kappa shape index (κ3) is 3.15. The van der Waals surface area contributed by atoms with Gasteiger partial charge in [0.15, 0.2) is 0 Å². The monoisotopic (exact) mass is 209 g/mol. The molecule has 1 unspecified atom stereocenters. The SMILES string of the molecule is CC1(C(N)CCC(F)(F)F)CCCC1. The molecule has 0 amide bonds. The van der Waals surface area contributed by atoms with Crippen LogP contribution in [0.5, 0.6) is 0 Å². The summed E-state index contributed by atoms with van der Waals surface area (Å²) < 4.78 is 35.9. The van der Waals surface area contributed by atoms with Gasteiger partial charge in [-0.05, 0) is 24.7 Å². The molecule has 0 bridgehead atoms. The molecule has 0 aromatic rings. The lowest BCUT2D eigenvalue weighted by Gasteiger charge is -2.31. The minimum atomic E-state index is -4.06. The number of nitrogens with two attached hydrogens (primary N) is 1. The van der Waals surface area contributed by atoms with Crippen molar-refractivity contribution < 1.29 is 13.2 Å². The lowest BCUT2D eigenvalue weighted by Crippen LogP contribution is -2.38. The molecule has 0 aliphatic heterocycles. The fourth-order valence-electron chi connectivity index (χ4n) is 2.22. The van der Waals surface area contributed by atoms with E-state index in [1.165, 1.54) is 0 Å². The number of rotatable bonds is 3. The zero-order chi connectivity index (χ0) is 10.8. The van der Waals surface area contributed by atoms with Crippen LogP contribution in [0.2, 0.25) is 0 Å². The van der Waals surface area contributed by atoms with Gasteiger partial charge in [0.25, 0.3) is 0 Å². The van der Waals surface area contributed by atoms with Crippen LogP contribution in [-0.2, 0) is 0 Å². The van der Waals surface area contributed by atoms with Gasteiger partial charge in [-0.3, -0.25) is 0 Å². The first-order valence-electron chi connectivity index (χ1n) is 5.16. The molecule has 1 aliphatic rings. The quantitative estimate of drug-likeness (QED) is 0.758. The van der Waals surface area contributed by atoms with Crippen molar-refractivity contribution in [2.24, 2.45) is 11.1 Å². The van der Waals surface area contributed by atoms with Crippen LogP contribution in [0, 0.1) is 5.41 Å². The summed E-state index contributed by atoms with van der Waals surface area (Å²) in [6, 6.07) is -0.299. The zero-order valence-electron chi connectivity index (χ0n) is 8.53. The van der Waals surface area contributed by atoms with Crippen molar-refractivity contribution in [1.82, 2.24) is 0 Å². The van der Waals surface area contributed by atoms with E-state index >= 15 is 0 Å². The molecular weight excluding hydrogens is 191 g/mol. The Hall–Kier alpha value is -0.250. The van der Waals surface area contributed by atoms with Crippen molar-refractivity contribution in [2.75, 3.05) is 0 Å². The van der Waals surface area contributed by atoms with Gasteiger partial charge in [0.05, 0.1) is 0 Å². The Morgan fingerprint density at radius 2 is 1.79 bits per heavy atom. The Labute approximate surface area is 82.9 Å². The summed E-state index contributed by atoms with van der Waals surface area (Å²) in [4.78, 5) is 0. The molecule has 1 rings (SSSR count). The molecule has 1 saturated carbocycles. The lowest BCUT2D eigenvalue weighted by molar-refractivity contribution is -0.137. The highest BCUT2D eigenvalue weighted by Crippen LogP contribution is 2.41. The number of alkyl halides is 3. The van der Waals surface area contributed by atoms with E-state index in [1.54, 1.807) is 0 Å². The Balaban J connectivity index is 2.37. The van der Waals surface area contributed by atoms with Gasteiger partial charge in [-0.25, -0.2) is 0 Å². The van der Waals surface area contributed by atoms with Gasteiger partial charge in [0.2, 0.25) is 0 Å². The Morgan fingerprint density at radius 1 is 1.29 bits per heavy atom. The summed E-state index contributed by atoms with van der Waals surface area (Å²) >= 11 is 0. The molecule has 0 aromatic heterocycles. The summed E-state index contributed by atoms with van der Waals surface area (Å²) in [5, 5.41) is 0. The van der Waals surface area contributed by atoms with Gasteiger partial charge in [-0.2, -0.15) is 13.2 Å². The number of hydrogen-bond donors (Lipinski definition) is 1. The van der Waals surface area contributed by atoms with Crippen molar-refractivity contribution in [1.29, 1.82) is 0 Å². The predicted molar refractivity (Wildman–Crippen MR) is 49.8 cm³/mol. The van der Waals surface area contributed by atoms with Gasteiger partial charge < -0.3 is 5.73 Å². The zero-order valence-corrected chi connectivity index (χ0v) is 8.53. The Kier molecular flexibility index (Phi) is 3.45. The summed E-state index contributed by atoms with van der Waals surface area (Å²) in [6.07, 6.45) is -0.569. The molecule has 1 atom stereocenters. The molecule has 0 radical (unpaired) electrons. The fourth-order valence-corrected chi connectivity index (χ4v) is 2.22. The second kappa shape index (κ2) is 4.09. The third-order valence-electron chi connectivity index (χ3n) is 3.38. The van der Waals surface area contributed by atoms with Gasteiger partial charge in [-0.1, -0.05) is 19.8 Å². The second-order valence-corrected chi connectivity index (χ2v) is 4.62. The van der Waals surface area contributed by atoms with E-state index < -0.39 is 12.6 Å². The Bertz CT molecular complexity index is 182. The van der Waals surface area contributed by atoms with Gasteiger partial charge in [-0.15, -0.1) is 0 Å². The first kappa shape index (κ1) is 11.8. The third-order valence-corrected chi connectivity index (χ3v) is 3.38. The minimum absolute atomic E-state index is 0.0503. The van der Waals surface area contributed by atoms with E-state index in [0.717, 1.165) is 25.7 Å². The standard InChI is InChI=1S/C10H18F3N/c1-9(5-2-3-6-9)8(14)4-7-10(11,12)13/h8H,2-7,14H2,1H3. The molecule has 0 aromatic carbocycles. The normalized spacial score (nSPS) is 23.8. The highest BCUT2D eigenvalue weighted by atomic mass is 19.4. The van der Waals surface area contributed by atoms with Gasteiger partial charge in [0, 0.05) is 12.5 Å². The number of hydrogen-bond acceptors (Lipinski definition) is 1. The van der Waals surface area contributed by atoms with Crippen LogP contribution in [0.4, 0.5) is 13.2 Å². The van der Waals surface area contributed by atoms with Crippen LogP contribution in [0.15, 0.2) is 0 Å². The maximum atomic E-state index is 12.0. The summed E-state index contributed by atoms with van der Waals surface area (Å²) in [7, 11) is 0. The maximum absolute atomic E-state index is 12.0. The van der Waals surface area contributed by atoms with Crippen LogP contribution in [0.3, 0.4) is 0 Å². The van der Waals surface area contributed by atoms with Crippen LogP contribution in [0.25, 0.3) is 0 Å². The lowest BCUT2D eigenvalue weighted by atomic mass is 9.79. The molecule has 0 saturated heterocycles. The molecule has 84 valence electrons. The second-order valence-electron chi connectivity index (χ2n) is 4.62. The van der Waals surface area contributed by atoms with E-state index in [1.807, 2.05) is 6.92 Å². The summed E-state index contributed by atoms with van der Waals surface area (Å²) in [5.41, 5.74) is 5.77. The van der Waals surface area contributed by atoms with Crippen molar-refractivity contribution in [3.8, 4) is 0 Å². The van der Waals surface area contributed by atoms with E-state index in [2.05, 4.69) is 0 Å². The average molecular weight is 209 g/mol.